The van der Waals surface area contributed by atoms with Crippen LogP contribution in [0.15, 0.2) is 24.8 Å². The molecule has 0 saturated carbocycles. The number of rotatable bonds is 3. The van der Waals surface area contributed by atoms with Crippen LogP contribution in [0.3, 0.4) is 0 Å². The first-order chi connectivity index (χ1) is 5.90. The molecule has 0 heterocycles. The van der Waals surface area contributed by atoms with Crippen molar-refractivity contribution < 1.29 is 29.7 Å². The van der Waals surface area contributed by atoms with Gasteiger partial charge in [0.2, 0.25) is 0 Å². The molecule has 0 atom stereocenters. The Labute approximate surface area is 110 Å². The van der Waals surface area contributed by atoms with E-state index >= 15 is 0 Å². The summed E-state index contributed by atoms with van der Waals surface area (Å²) in [6, 6.07) is 0. The summed E-state index contributed by atoms with van der Waals surface area (Å²) in [4.78, 5) is 28.1. The molecular weight excluding hydrogens is 220 g/mol. The fourth-order valence-corrected chi connectivity index (χ4v) is 0.139. The number of carboxylic acid groups (broad SMARTS) is 3. The second-order valence-corrected chi connectivity index (χ2v) is 1.51. The van der Waals surface area contributed by atoms with Crippen molar-refractivity contribution in [2.45, 2.75) is 0 Å². The molecule has 0 aliphatic rings. The number of hydrogen-bond donors (Lipinski definition) is 1. The molecule has 0 fully saturated rings. The first-order valence-electron chi connectivity index (χ1n) is 2.85. The van der Waals surface area contributed by atoms with Crippen molar-refractivity contribution in [1.29, 1.82) is 0 Å². The van der Waals surface area contributed by atoms with E-state index in [2.05, 4.69) is 6.58 Å². The van der Waals surface area contributed by atoms with E-state index in [-0.39, 0.29) is 37.7 Å². The average Bonchev–Trinajstić information content (AvgIpc) is 2.02. The topological polar surface area (TPSA) is 118 Å². The summed E-state index contributed by atoms with van der Waals surface area (Å²) in [5.41, 5.74) is 0. The van der Waals surface area contributed by atoms with Gasteiger partial charge in [-0.3, -0.25) is 0 Å². The standard InChI is InChI=1S/C4H4O4.C3H4O2.Ca/c5-3(6)1-2-4(7)8;1-2-3(4)5;/h1-2H,(H,5,6)(H,7,8);2H,1H2,(H,4,5);/q;;+2/p-2/b2-1-;;. The van der Waals surface area contributed by atoms with Gasteiger partial charge in [0.1, 0.15) is 0 Å². The molecule has 0 aliphatic carbocycles. The van der Waals surface area contributed by atoms with Crippen LogP contribution in [0.2, 0.25) is 0 Å². The number of carboxylic acids is 3. The second-order valence-electron chi connectivity index (χ2n) is 1.51. The number of carbonyl (C=O) groups excluding carboxylic acids is 2. The van der Waals surface area contributed by atoms with Crippen LogP contribution in [0.4, 0.5) is 0 Å². The normalized spacial score (nSPS) is 7.71. The Morgan fingerprint density at radius 3 is 1.50 bits per heavy atom. The summed E-state index contributed by atoms with van der Waals surface area (Å²) in [6.45, 7) is 2.90. The minimum atomic E-state index is -1.51. The van der Waals surface area contributed by atoms with Crippen LogP contribution in [0, 0.1) is 0 Å². The van der Waals surface area contributed by atoms with Gasteiger partial charge in [-0.05, 0) is 12.2 Å². The molecule has 0 aromatic carbocycles. The van der Waals surface area contributed by atoms with Gasteiger partial charge in [-0.25, -0.2) is 4.79 Å². The summed E-state index contributed by atoms with van der Waals surface area (Å²) in [6.07, 6.45) is 1.66. The van der Waals surface area contributed by atoms with Crippen molar-refractivity contribution in [1.82, 2.24) is 0 Å². The van der Waals surface area contributed by atoms with Gasteiger partial charge in [0.15, 0.2) is 0 Å². The molecule has 14 heavy (non-hydrogen) atoms. The van der Waals surface area contributed by atoms with Gasteiger partial charge in [-0.1, -0.05) is 6.58 Å². The molecular formula is C7H6CaO6. The van der Waals surface area contributed by atoms with Crippen molar-refractivity contribution >= 4 is 55.6 Å². The molecule has 0 unspecified atom stereocenters. The Morgan fingerprint density at radius 1 is 1.07 bits per heavy atom. The Balaban J connectivity index is -0.000000177. The zero-order valence-corrected chi connectivity index (χ0v) is 9.34. The van der Waals surface area contributed by atoms with Gasteiger partial charge >= 0.3 is 43.7 Å². The average molecular weight is 226 g/mol. The first-order valence-corrected chi connectivity index (χ1v) is 2.85. The number of hydrogen-bond acceptors (Lipinski definition) is 5. The van der Waals surface area contributed by atoms with Crippen LogP contribution in [0.5, 0.6) is 0 Å². The summed E-state index contributed by atoms with van der Waals surface area (Å²) < 4.78 is 0. The van der Waals surface area contributed by atoms with E-state index in [0.29, 0.717) is 12.2 Å². The van der Waals surface area contributed by atoms with Crippen LogP contribution < -0.4 is 10.2 Å². The molecule has 0 rings (SSSR count). The molecule has 0 spiro atoms. The molecule has 72 valence electrons. The molecule has 6 nitrogen and oxygen atoms in total. The van der Waals surface area contributed by atoms with Crippen molar-refractivity contribution in [3.05, 3.63) is 24.8 Å². The van der Waals surface area contributed by atoms with E-state index in [0.717, 1.165) is 6.08 Å². The zero-order chi connectivity index (χ0) is 10.9. The minimum Gasteiger partial charge on any atom is -0.545 e. The van der Waals surface area contributed by atoms with Crippen molar-refractivity contribution in [3.8, 4) is 0 Å². The van der Waals surface area contributed by atoms with Crippen LogP contribution >= 0.6 is 0 Å². The monoisotopic (exact) mass is 226 g/mol. The van der Waals surface area contributed by atoms with Crippen molar-refractivity contribution in [3.63, 3.8) is 0 Å². The van der Waals surface area contributed by atoms with Crippen LogP contribution in [0.1, 0.15) is 0 Å². The van der Waals surface area contributed by atoms with E-state index in [1.165, 1.54) is 0 Å². The summed E-state index contributed by atoms with van der Waals surface area (Å²) >= 11 is 0. The van der Waals surface area contributed by atoms with Crippen molar-refractivity contribution in [2.75, 3.05) is 0 Å². The summed E-state index contributed by atoms with van der Waals surface area (Å²) in [5.74, 6) is -4.04. The molecule has 1 N–H and O–H groups in total. The maximum Gasteiger partial charge on any atom is 2.00 e. The Hall–Kier alpha value is -0.850. The van der Waals surface area contributed by atoms with Crippen LogP contribution in [-0.2, 0) is 14.4 Å². The number of aliphatic carboxylic acids is 3. The summed E-state index contributed by atoms with van der Waals surface area (Å²) in [5, 5.41) is 26.4. The summed E-state index contributed by atoms with van der Waals surface area (Å²) in [7, 11) is 0. The molecule has 0 aliphatic heterocycles. The quantitative estimate of drug-likeness (QED) is 0.402. The Bertz CT molecular complexity index is 229. The van der Waals surface area contributed by atoms with Gasteiger partial charge in [0.05, 0.1) is 11.9 Å². The van der Waals surface area contributed by atoms with Gasteiger partial charge in [0, 0.05) is 6.08 Å². The molecule has 0 saturated heterocycles. The van der Waals surface area contributed by atoms with Gasteiger partial charge in [-0.15, -0.1) is 0 Å². The van der Waals surface area contributed by atoms with E-state index in [1.807, 2.05) is 0 Å². The van der Waals surface area contributed by atoms with Crippen molar-refractivity contribution in [2.24, 2.45) is 0 Å². The Kier molecular flexibility index (Phi) is 16.4. The molecule has 0 radical (unpaired) electrons. The van der Waals surface area contributed by atoms with Crippen LogP contribution in [-0.4, -0.2) is 60.8 Å². The predicted octanol–water partition coefficient (Wildman–Crippen LogP) is -3.08. The van der Waals surface area contributed by atoms with E-state index in [4.69, 9.17) is 15.0 Å². The zero-order valence-electron chi connectivity index (χ0n) is 7.13. The molecule has 0 amide bonds. The molecule has 0 bridgehead atoms. The Morgan fingerprint density at radius 2 is 1.43 bits per heavy atom. The third-order valence-corrected chi connectivity index (χ3v) is 0.529. The van der Waals surface area contributed by atoms with Gasteiger partial charge in [0.25, 0.3) is 0 Å². The predicted molar refractivity (Wildman–Crippen MR) is 42.7 cm³/mol. The minimum absolute atomic E-state index is 0. The molecule has 7 heteroatoms. The van der Waals surface area contributed by atoms with Gasteiger partial charge < -0.3 is 24.9 Å². The third-order valence-electron chi connectivity index (χ3n) is 0.529. The van der Waals surface area contributed by atoms with E-state index < -0.39 is 17.9 Å². The fourth-order valence-electron chi connectivity index (χ4n) is 0.139. The smallest absolute Gasteiger partial charge is 0.545 e. The van der Waals surface area contributed by atoms with E-state index in [1.54, 1.807) is 0 Å². The maximum absolute atomic E-state index is 9.53. The van der Waals surface area contributed by atoms with Crippen LogP contribution in [0.25, 0.3) is 0 Å². The molecule has 0 aromatic heterocycles. The largest absolute Gasteiger partial charge is 2.00 e. The van der Waals surface area contributed by atoms with E-state index in [9.17, 15) is 14.7 Å². The maximum atomic E-state index is 9.53. The fraction of sp³-hybridized carbons (Fsp3) is 0. The third kappa shape index (κ3) is 30.4. The molecule has 0 aromatic rings. The van der Waals surface area contributed by atoms with Gasteiger partial charge in [-0.2, -0.15) is 0 Å². The second kappa shape index (κ2) is 12.1. The SMILES string of the molecule is C=CC(=O)[O-].O=C([O-])/C=C\C(=O)O.[Ca+2]. The first kappa shape index (κ1) is 18.8. The number of carbonyl (C=O) groups is 3.